The molecule has 1 aliphatic rings. The maximum Gasteiger partial charge on any atom is 0.351 e. The molecule has 1 heterocycles. The van der Waals surface area contributed by atoms with E-state index in [9.17, 15) is 14.9 Å². The molecule has 1 unspecified atom stereocenters. The highest BCUT2D eigenvalue weighted by Crippen LogP contribution is 2.19. The van der Waals surface area contributed by atoms with Gasteiger partial charge in [0.05, 0.1) is 11.8 Å². The number of nitrogens with zero attached hydrogens (tertiary/aromatic N) is 2. The molecule has 9 nitrogen and oxygen atoms in total. The summed E-state index contributed by atoms with van der Waals surface area (Å²) in [6.07, 6.45) is 42.1. The summed E-state index contributed by atoms with van der Waals surface area (Å²) >= 11 is 0. The van der Waals surface area contributed by atoms with Crippen LogP contribution in [0.5, 0.6) is 0 Å². The average molecular weight is 876 g/mol. The molecule has 0 radical (unpaired) electrons. The number of unbranched alkanes of at least 4 members (excludes halogenated alkanes) is 24. The SMILES string of the molecule is CCCCCCCCC(CC)OCOCCCCCCCCN(CCCCCCCC(=O)OC(CCCCCCCC)CCCCCCCC)CCCNC1=C(C#N)C(=O)OC1.[HH]. The Morgan fingerprint density at radius 3 is 1.65 bits per heavy atom. The van der Waals surface area contributed by atoms with Crippen LogP contribution in [-0.2, 0) is 28.5 Å². The summed E-state index contributed by atoms with van der Waals surface area (Å²) in [6.45, 7) is 14.3. The lowest BCUT2D eigenvalue weighted by Gasteiger charge is -2.22. The third-order valence-electron chi connectivity index (χ3n) is 12.6. The number of nitrogens with one attached hydrogen (secondary N) is 1. The van der Waals surface area contributed by atoms with Crippen LogP contribution >= 0.6 is 0 Å². The van der Waals surface area contributed by atoms with Crippen molar-refractivity contribution in [3.05, 3.63) is 11.3 Å². The second kappa shape index (κ2) is 44.1. The lowest BCUT2D eigenvalue weighted by Crippen LogP contribution is -2.30. The van der Waals surface area contributed by atoms with Gasteiger partial charge in [0.1, 0.15) is 25.6 Å². The Hall–Kier alpha value is -2.15. The first-order valence-corrected chi connectivity index (χ1v) is 26.6. The van der Waals surface area contributed by atoms with Gasteiger partial charge < -0.3 is 29.2 Å². The summed E-state index contributed by atoms with van der Waals surface area (Å²) in [5, 5.41) is 12.6. The quantitative estimate of drug-likeness (QED) is 0.0363. The van der Waals surface area contributed by atoms with Crippen LogP contribution in [-0.4, -0.2) is 75.2 Å². The van der Waals surface area contributed by atoms with E-state index >= 15 is 0 Å². The Bertz CT molecular complexity index is 1100. The first-order chi connectivity index (χ1) is 30.5. The molecule has 0 bridgehead atoms. The summed E-state index contributed by atoms with van der Waals surface area (Å²) in [4.78, 5) is 27.2. The van der Waals surface area contributed by atoms with Gasteiger partial charge in [-0.25, -0.2) is 4.79 Å². The van der Waals surface area contributed by atoms with Crippen molar-refractivity contribution in [1.29, 1.82) is 5.26 Å². The summed E-state index contributed by atoms with van der Waals surface area (Å²) in [5.41, 5.74) is 0.728. The number of rotatable bonds is 48. The Kier molecular flexibility index (Phi) is 41.1. The van der Waals surface area contributed by atoms with Gasteiger partial charge in [-0.05, 0) is 90.3 Å². The van der Waals surface area contributed by atoms with E-state index < -0.39 is 5.97 Å². The zero-order valence-electron chi connectivity index (χ0n) is 41.2. The van der Waals surface area contributed by atoms with Crippen LogP contribution in [0.15, 0.2) is 11.3 Å². The molecule has 0 aromatic carbocycles. The molecule has 364 valence electrons. The van der Waals surface area contributed by atoms with Crippen LogP contribution in [0.3, 0.4) is 0 Å². The van der Waals surface area contributed by atoms with Crippen molar-refractivity contribution in [3.63, 3.8) is 0 Å². The monoisotopic (exact) mass is 876 g/mol. The Morgan fingerprint density at radius 1 is 0.645 bits per heavy atom. The molecule has 0 spiro atoms. The molecule has 0 aromatic rings. The van der Waals surface area contributed by atoms with Crippen LogP contribution in [0.4, 0.5) is 0 Å². The van der Waals surface area contributed by atoms with Crippen LogP contribution in [0.25, 0.3) is 0 Å². The van der Waals surface area contributed by atoms with Gasteiger partial charge in [0.25, 0.3) is 0 Å². The molecule has 0 saturated heterocycles. The molecule has 0 aliphatic carbocycles. The molecule has 9 heteroatoms. The second-order valence-electron chi connectivity index (χ2n) is 18.3. The molecule has 0 aromatic heterocycles. The molecule has 0 amide bonds. The van der Waals surface area contributed by atoms with Crippen molar-refractivity contribution in [3.8, 4) is 6.07 Å². The molecular formula is C53H101N3O6. The smallest absolute Gasteiger partial charge is 0.351 e. The second-order valence-corrected chi connectivity index (χ2v) is 18.3. The lowest BCUT2D eigenvalue weighted by atomic mass is 10.0. The maximum atomic E-state index is 12.9. The van der Waals surface area contributed by atoms with Gasteiger partial charge in [-0.15, -0.1) is 0 Å². The zero-order chi connectivity index (χ0) is 45.0. The summed E-state index contributed by atoms with van der Waals surface area (Å²) < 4.78 is 22.9. The van der Waals surface area contributed by atoms with E-state index in [2.05, 4.69) is 37.9 Å². The number of hydrogen-bond acceptors (Lipinski definition) is 9. The summed E-state index contributed by atoms with van der Waals surface area (Å²) in [5.74, 6) is -0.513. The van der Waals surface area contributed by atoms with Crippen molar-refractivity contribution in [2.24, 2.45) is 0 Å². The highest BCUT2D eigenvalue weighted by atomic mass is 16.7. The molecule has 62 heavy (non-hydrogen) atoms. The first-order valence-electron chi connectivity index (χ1n) is 26.6. The Labute approximate surface area is 384 Å². The number of nitriles is 1. The van der Waals surface area contributed by atoms with Crippen LogP contribution in [0.1, 0.15) is 254 Å². The lowest BCUT2D eigenvalue weighted by molar-refractivity contribution is -0.150. The molecule has 1 N–H and O–H groups in total. The normalized spacial score (nSPS) is 13.3. The van der Waals surface area contributed by atoms with Crippen molar-refractivity contribution in [2.75, 3.05) is 46.2 Å². The molecule has 1 aliphatic heterocycles. The minimum absolute atomic E-state index is 0. The number of cyclic esters (lactones) is 1. The average Bonchev–Trinajstić information content (AvgIpc) is 3.64. The molecule has 1 atom stereocenters. The van der Waals surface area contributed by atoms with E-state index in [1.54, 1.807) is 0 Å². The summed E-state index contributed by atoms with van der Waals surface area (Å²) in [6, 6.07) is 1.98. The number of carbonyl (C=O) groups is 2. The van der Waals surface area contributed by atoms with Crippen molar-refractivity contribution in [1.82, 2.24) is 10.2 Å². The molecule has 0 fully saturated rings. The van der Waals surface area contributed by atoms with E-state index in [0.717, 1.165) is 90.4 Å². The predicted molar refractivity (Wildman–Crippen MR) is 260 cm³/mol. The highest BCUT2D eigenvalue weighted by molar-refractivity contribution is 5.95. The van der Waals surface area contributed by atoms with Crippen LogP contribution in [0, 0.1) is 11.3 Å². The van der Waals surface area contributed by atoms with Crippen LogP contribution < -0.4 is 5.32 Å². The summed E-state index contributed by atoms with van der Waals surface area (Å²) in [7, 11) is 0. The third kappa shape index (κ3) is 34.3. The molecule has 0 saturated carbocycles. The minimum Gasteiger partial charge on any atom is -0.462 e. The van der Waals surface area contributed by atoms with Crippen molar-refractivity contribution >= 4 is 11.9 Å². The number of ether oxygens (including phenoxy) is 4. The van der Waals surface area contributed by atoms with Gasteiger partial charge in [-0.2, -0.15) is 5.26 Å². The minimum atomic E-state index is -0.523. The Balaban J connectivity index is 0.0000384. The van der Waals surface area contributed by atoms with Gasteiger partial charge in [0.15, 0.2) is 5.57 Å². The van der Waals surface area contributed by atoms with Gasteiger partial charge >= 0.3 is 11.9 Å². The predicted octanol–water partition coefficient (Wildman–Crippen LogP) is 14.5. The molecule has 1 rings (SSSR count). The third-order valence-corrected chi connectivity index (χ3v) is 12.6. The zero-order valence-corrected chi connectivity index (χ0v) is 41.2. The highest BCUT2D eigenvalue weighted by Gasteiger charge is 2.24. The fourth-order valence-electron chi connectivity index (χ4n) is 8.49. The van der Waals surface area contributed by atoms with E-state index in [1.165, 1.54) is 154 Å². The van der Waals surface area contributed by atoms with Gasteiger partial charge in [0.2, 0.25) is 0 Å². The standard InChI is InChI=1S/C53H99N3O6.H2/c1-5-9-12-15-21-28-36-48(8-4)61-47-59-44-34-27-19-18-25-32-41-56(43-35-40-55-51-46-60-53(58)50(51)45-54)42-33-26-20-24-31-39-52(57)62-49(37-29-22-16-13-10-6-2)38-30-23-17-14-11-7-3;/h48-49,55H,5-44,46-47H2,1-4H3;1H. The van der Waals surface area contributed by atoms with Crippen molar-refractivity contribution in [2.45, 2.75) is 265 Å². The number of carbonyl (C=O) groups excluding carboxylic acids is 2. The van der Waals surface area contributed by atoms with Crippen molar-refractivity contribution < 1.29 is 30.0 Å². The van der Waals surface area contributed by atoms with Gasteiger partial charge in [-0.3, -0.25) is 4.79 Å². The fourth-order valence-corrected chi connectivity index (χ4v) is 8.49. The number of esters is 2. The number of hydrogen-bond donors (Lipinski definition) is 1. The van der Waals surface area contributed by atoms with Crippen LogP contribution in [0.2, 0.25) is 0 Å². The first kappa shape index (κ1) is 57.9. The largest absolute Gasteiger partial charge is 0.462 e. The van der Waals surface area contributed by atoms with Gasteiger partial charge in [-0.1, -0.05) is 175 Å². The van der Waals surface area contributed by atoms with E-state index in [0.29, 0.717) is 31.6 Å². The topological polar surface area (TPSA) is 110 Å². The Morgan fingerprint density at radius 2 is 1.11 bits per heavy atom. The van der Waals surface area contributed by atoms with E-state index in [1.807, 2.05) is 6.07 Å². The van der Waals surface area contributed by atoms with E-state index in [4.69, 9.17) is 18.9 Å². The maximum absolute atomic E-state index is 12.9. The van der Waals surface area contributed by atoms with Gasteiger partial charge in [0, 0.05) is 21.0 Å². The fraction of sp³-hybridized carbons (Fsp3) is 0.906. The molecular weight excluding hydrogens is 775 g/mol. The van der Waals surface area contributed by atoms with E-state index in [-0.39, 0.29) is 25.7 Å².